The van der Waals surface area contributed by atoms with Crippen molar-refractivity contribution in [3.8, 4) is 0 Å². The SMILES string of the molecule is O.O/N=C1\C=CCCC1. The maximum absolute atomic E-state index is 8.23. The van der Waals surface area contributed by atoms with E-state index < -0.39 is 0 Å². The van der Waals surface area contributed by atoms with Gasteiger partial charge in [-0.15, -0.1) is 0 Å². The fourth-order valence-electron chi connectivity index (χ4n) is 0.787. The highest BCUT2D eigenvalue weighted by Gasteiger charge is 1.98. The lowest BCUT2D eigenvalue weighted by Gasteiger charge is -2.01. The summed E-state index contributed by atoms with van der Waals surface area (Å²) in [6.45, 7) is 0. The molecule has 3 N–H and O–H groups in total. The highest BCUT2D eigenvalue weighted by Crippen LogP contribution is 2.06. The van der Waals surface area contributed by atoms with Crippen LogP contribution in [0.4, 0.5) is 0 Å². The third-order valence-electron chi connectivity index (χ3n) is 1.24. The van der Waals surface area contributed by atoms with Crippen LogP contribution in [0.2, 0.25) is 0 Å². The lowest BCUT2D eigenvalue weighted by molar-refractivity contribution is 0.318. The van der Waals surface area contributed by atoms with Gasteiger partial charge in [0.25, 0.3) is 0 Å². The summed E-state index contributed by atoms with van der Waals surface area (Å²) < 4.78 is 0. The maximum atomic E-state index is 8.23. The standard InChI is InChI=1S/C6H9NO.H2O/c8-7-6-4-2-1-3-5-6;/h2,4,8H,1,3,5H2;1H2/b7-6+;. The van der Waals surface area contributed by atoms with Crippen molar-refractivity contribution >= 4 is 5.71 Å². The number of allylic oxidation sites excluding steroid dienone is 2. The van der Waals surface area contributed by atoms with E-state index in [1.54, 1.807) is 0 Å². The molecule has 0 heterocycles. The zero-order valence-corrected chi connectivity index (χ0v) is 5.17. The second-order valence-electron chi connectivity index (χ2n) is 1.89. The molecule has 0 unspecified atom stereocenters. The van der Waals surface area contributed by atoms with E-state index in [0.717, 1.165) is 25.0 Å². The maximum Gasteiger partial charge on any atom is 0.0792 e. The number of oxime groups is 1. The summed E-state index contributed by atoms with van der Waals surface area (Å²) in [5, 5.41) is 11.3. The van der Waals surface area contributed by atoms with Gasteiger partial charge in [0.1, 0.15) is 0 Å². The fourth-order valence-corrected chi connectivity index (χ4v) is 0.787. The summed E-state index contributed by atoms with van der Waals surface area (Å²) in [6, 6.07) is 0. The van der Waals surface area contributed by atoms with Crippen LogP contribution in [0.25, 0.3) is 0 Å². The van der Waals surface area contributed by atoms with E-state index >= 15 is 0 Å². The Morgan fingerprint density at radius 1 is 1.56 bits per heavy atom. The Morgan fingerprint density at radius 3 is 2.67 bits per heavy atom. The van der Waals surface area contributed by atoms with Crippen molar-refractivity contribution in [2.75, 3.05) is 0 Å². The second-order valence-corrected chi connectivity index (χ2v) is 1.89. The minimum absolute atomic E-state index is 0. The molecule has 1 aliphatic carbocycles. The van der Waals surface area contributed by atoms with Crippen molar-refractivity contribution in [3.05, 3.63) is 12.2 Å². The summed E-state index contributed by atoms with van der Waals surface area (Å²) >= 11 is 0. The molecular formula is C6H11NO2. The van der Waals surface area contributed by atoms with Crippen LogP contribution in [-0.2, 0) is 0 Å². The van der Waals surface area contributed by atoms with E-state index in [4.69, 9.17) is 5.21 Å². The van der Waals surface area contributed by atoms with Crippen molar-refractivity contribution in [2.24, 2.45) is 5.16 Å². The van der Waals surface area contributed by atoms with E-state index in [-0.39, 0.29) is 5.48 Å². The molecule has 3 nitrogen and oxygen atoms in total. The molecule has 1 rings (SSSR count). The van der Waals surface area contributed by atoms with Gasteiger partial charge in [-0.05, 0) is 25.3 Å². The third kappa shape index (κ3) is 2.28. The molecule has 9 heavy (non-hydrogen) atoms. The minimum Gasteiger partial charge on any atom is -0.412 e. The number of nitrogens with zero attached hydrogens (tertiary/aromatic N) is 1. The summed E-state index contributed by atoms with van der Waals surface area (Å²) in [4.78, 5) is 0. The molecule has 3 heteroatoms. The van der Waals surface area contributed by atoms with Gasteiger partial charge in [0, 0.05) is 0 Å². The number of hydrogen-bond donors (Lipinski definition) is 1. The van der Waals surface area contributed by atoms with Crippen molar-refractivity contribution in [1.29, 1.82) is 0 Å². The van der Waals surface area contributed by atoms with E-state index in [1.165, 1.54) is 0 Å². The molecule has 0 amide bonds. The Hall–Kier alpha value is -0.830. The Labute approximate surface area is 54.0 Å². The van der Waals surface area contributed by atoms with Gasteiger partial charge in [-0.3, -0.25) is 0 Å². The molecule has 0 aromatic rings. The first-order valence-corrected chi connectivity index (χ1v) is 2.81. The molecular weight excluding hydrogens is 118 g/mol. The van der Waals surface area contributed by atoms with Gasteiger partial charge in [-0.2, -0.15) is 0 Å². The van der Waals surface area contributed by atoms with Gasteiger partial charge in [0.15, 0.2) is 0 Å². The van der Waals surface area contributed by atoms with Gasteiger partial charge in [0.05, 0.1) is 5.71 Å². The lowest BCUT2D eigenvalue weighted by Crippen LogP contribution is -1.97. The molecule has 52 valence electrons. The summed E-state index contributed by atoms with van der Waals surface area (Å²) in [5.74, 6) is 0. The predicted molar refractivity (Wildman–Crippen MR) is 35.8 cm³/mol. The van der Waals surface area contributed by atoms with Gasteiger partial charge in [-0.1, -0.05) is 11.2 Å². The summed E-state index contributed by atoms with van der Waals surface area (Å²) in [7, 11) is 0. The monoisotopic (exact) mass is 129 g/mol. The van der Waals surface area contributed by atoms with Gasteiger partial charge in [-0.25, -0.2) is 0 Å². The topological polar surface area (TPSA) is 64.1 Å². The van der Waals surface area contributed by atoms with Crippen LogP contribution < -0.4 is 0 Å². The molecule has 0 spiro atoms. The largest absolute Gasteiger partial charge is 0.412 e. The third-order valence-corrected chi connectivity index (χ3v) is 1.24. The molecule has 1 aliphatic rings. The van der Waals surface area contributed by atoms with E-state index in [1.807, 2.05) is 12.2 Å². The molecule has 0 fully saturated rings. The summed E-state index contributed by atoms with van der Waals surface area (Å²) in [5.41, 5.74) is 0.802. The van der Waals surface area contributed by atoms with Crippen LogP contribution in [0, 0.1) is 0 Å². The Balaban J connectivity index is 0.000000640. The average Bonchev–Trinajstić information content (AvgIpc) is 1.90. The predicted octanol–water partition coefficient (Wildman–Crippen LogP) is 0.732. The molecule has 0 radical (unpaired) electrons. The smallest absolute Gasteiger partial charge is 0.0792 e. The van der Waals surface area contributed by atoms with Crippen molar-refractivity contribution in [1.82, 2.24) is 0 Å². The molecule has 0 saturated heterocycles. The molecule has 0 aliphatic heterocycles. The molecule has 0 aromatic heterocycles. The first kappa shape index (κ1) is 8.17. The number of hydrogen-bond acceptors (Lipinski definition) is 2. The van der Waals surface area contributed by atoms with Crippen molar-refractivity contribution in [3.63, 3.8) is 0 Å². The van der Waals surface area contributed by atoms with E-state index in [9.17, 15) is 0 Å². The van der Waals surface area contributed by atoms with Crippen molar-refractivity contribution < 1.29 is 10.7 Å². The first-order valence-electron chi connectivity index (χ1n) is 2.81. The molecule has 0 aromatic carbocycles. The zero-order valence-electron chi connectivity index (χ0n) is 5.17. The van der Waals surface area contributed by atoms with E-state index in [2.05, 4.69) is 5.16 Å². The molecule has 0 saturated carbocycles. The average molecular weight is 129 g/mol. The van der Waals surface area contributed by atoms with Gasteiger partial charge in [0.2, 0.25) is 0 Å². The Kier molecular flexibility index (Phi) is 3.71. The van der Waals surface area contributed by atoms with Gasteiger partial charge < -0.3 is 10.7 Å². The minimum atomic E-state index is 0. The fraction of sp³-hybridized carbons (Fsp3) is 0.500. The lowest BCUT2D eigenvalue weighted by atomic mass is 10.1. The zero-order chi connectivity index (χ0) is 5.82. The highest BCUT2D eigenvalue weighted by atomic mass is 16.4. The Bertz CT molecular complexity index is 129. The van der Waals surface area contributed by atoms with E-state index in [0.29, 0.717) is 0 Å². The second kappa shape index (κ2) is 4.09. The Morgan fingerprint density at radius 2 is 2.33 bits per heavy atom. The molecule has 0 bridgehead atoms. The number of rotatable bonds is 0. The van der Waals surface area contributed by atoms with Crippen LogP contribution in [0.15, 0.2) is 17.3 Å². The van der Waals surface area contributed by atoms with Crippen LogP contribution in [0.3, 0.4) is 0 Å². The van der Waals surface area contributed by atoms with Crippen LogP contribution in [-0.4, -0.2) is 16.4 Å². The quantitative estimate of drug-likeness (QED) is 0.380. The first-order chi connectivity index (χ1) is 3.93. The van der Waals surface area contributed by atoms with Gasteiger partial charge >= 0.3 is 0 Å². The van der Waals surface area contributed by atoms with Crippen molar-refractivity contribution in [2.45, 2.75) is 19.3 Å². The van der Waals surface area contributed by atoms with Crippen LogP contribution in [0.1, 0.15) is 19.3 Å². The normalized spacial score (nSPS) is 21.6. The molecule has 0 atom stereocenters. The highest BCUT2D eigenvalue weighted by molar-refractivity contribution is 5.94. The van der Waals surface area contributed by atoms with Crippen LogP contribution in [0.5, 0.6) is 0 Å². The summed E-state index contributed by atoms with van der Waals surface area (Å²) in [6.07, 6.45) is 7.06. The van der Waals surface area contributed by atoms with Crippen LogP contribution >= 0.6 is 0 Å².